The molecule has 2 heterocycles. The van der Waals surface area contributed by atoms with Crippen LogP contribution in [-0.2, 0) is 4.79 Å². The summed E-state index contributed by atoms with van der Waals surface area (Å²) in [5.74, 6) is 1.24. The lowest BCUT2D eigenvalue weighted by Gasteiger charge is -2.31. The summed E-state index contributed by atoms with van der Waals surface area (Å²) in [7, 11) is 0. The predicted molar refractivity (Wildman–Crippen MR) is 75.6 cm³/mol. The lowest BCUT2D eigenvalue weighted by atomic mass is 10.1. The van der Waals surface area contributed by atoms with Crippen LogP contribution >= 0.6 is 0 Å². The number of benzene rings is 1. The molecule has 2 aliphatic heterocycles. The van der Waals surface area contributed by atoms with E-state index in [1.54, 1.807) is 11.0 Å². The molecule has 21 heavy (non-hydrogen) atoms. The Morgan fingerprint density at radius 2 is 2.29 bits per heavy atom. The van der Waals surface area contributed by atoms with E-state index in [2.05, 4.69) is 11.4 Å². The second-order valence-corrected chi connectivity index (χ2v) is 4.83. The molecule has 0 aromatic heterocycles. The zero-order chi connectivity index (χ0) is 14.7. The van der Waals surface area contributed by atoms with Gasteiger partial charge >= 0.3 is 0 Å². The highest BCUT2D eigenvalue weighted by atomic mass is 16.7. The number of hydrogen-bond donors (Lipinski definition) is 1. The van der Waals surface area contributed by atoms with Crippen molar-refractivity contribution in [3.8, 4) is 17.6 Å². The van der Waals surface area contributed by atoms with Crippen LogP contribution in [0.3, 0.4) is 0 Å². The Kier molecular flexibility index (Phi) is 3.75. The van der Waals surface area contributed by atoms with Crippen molar-refractivity contribution in [1.82, 2.24) is 10.2 Å². The van der Waals surface area contributed by atoms with E-state index < -0.39 is 6.04 Å². The van der Waals surface area contributed by atoms with Crippen molar-refractivity contribution in [3.63, 3.8) is 0 Å². The Balaban J connectivity index is 1.70. The van der Waals surface area contributed by atoms with Crippen molar-refractivity contribution >= 4 is 12.0 Å². The standard InChI is InChI=1S/C15H15N3O3/c16-8-12-9-17-5-6-18(12)15(19)4-2-11-1-3-13-14(7-11)21-10-20-13/h1-4,7,12,17H,5-6,9-10H2. The minimum Gasteiger partial charge on any atom is -0.454 e. The first-order valence-electron chi connectivity index (χ1n) is 6.76. The fourth-order valence-corrected chi connectivity index (χ4v) is 2.36. The summed E-state index contributed by atoms with van der Waals surface area (Å²) in [5, 5.41) is 12.2. The molecule has 0 spiro atoms. The van der Waals surface area contributed by atoms with Crippen molar-refractivity contribution < 1.29 is 14.3 Å². The lowest BCUT2D eigenvalue weighted by Crippen LogP contribution is -2.52. The molecule has 0 aliphatic carbocycles. The maximum Gasteiger partial charge on any atom is 0.247 e. The first-order valence-corrected chi connectivity index (χ1v) is 6.76. The van der Waals surface area contributed by atoms with Gasteiger partial charge in [0.2, 0.25) is 12.7 Å². The van der Waals surface area contributed by atoms with Gasteiger partial charge in [0.25, 0.3) is 0 Å². The number of rotatable bonds is 2. The minimum absolute atomic E-state index is 0.152. The zero-order valence-electron chi connectivity index (χ0n) is 11.4. The molecule has 0 saturated carbocycles. The van der Waals surface area contributed by atoms with Crippen LogP contribution in [0.4, 0.5) is 0 Å². The average Bonchev–Trinajstić information content (AvgIpc) is 3.00. The first-order chi connectivity index (χ1) is 10.3. The molecule has 1 fully saturated rings. The highest BCUT2D eigenvalue weighted by molar-refractivity contribution is 5.92. The van der Waals surface area contributed by atoms with E-state index in [9.17, 15) is 4.79 Å². The van der Waals surface area contributed by atoms with E-state index in [0.717, 1.165) is 5.56 Å². The number of nitriles is 1. The van der Waals surface area contributed by atoms with Crippen LogP contribution in [0.15, 0.2) is 24.3 Å². The quantitative estimate of drug-likeness (QED) is 0.812. The predicted octanol–water partition coefficient (Wildman–Crippen LogP) is 0.752. The van der Waals surface area contributed by atoms with E-state index in [0.29, 0.717) is 31.1 Å². The van der Waals surface area contributed by atoms with Crippen LogP contribution in [0.1, 0.15) is 5.56 Å². The van der Waals surface area contributed by atoms with Crippen molar-refractivity contribution in [1.29, 1.82) is 5.26 Å². The molecular formula is C15H15N3O3. The number of hydrogen-bond acceptors (Lipinski definition) is 5. The SMILES string of the molecule is N#CC1CNCCN1C(=O)C=Cc1ccc2c(c1)OCO2. The minimum atomic E-state index is -0.410. The van der Waals surface area contributed by atoms with Gasteiger partial charge in [-0.2, -0.15) is 5.26 Å². The number of nitrogens with one attached hydrogen (secondary N) is 1. The third-order valence-electron chi connectivity index (χ3n) is 3.49. The van der Waals surface area contributed by atoms with Gasteiger partial charge in [0.05, 0.1) is 6.07 Å². The molecule has 108 valence electrons. The van der Waals surface area contributed by atoms with Crippen molar-refractivity contribution in [2.45, 2.75) is 6.04 Å². The van der Waals surface area contributed by atoms with E-state index in [1.807, 2.05) is 18.2 Å². The number of piperazine rings is 1. The van der Waals surface area contributed by atoms with Crippen molar-refractivity contribution in [3.05, 3.63) is 29.8 Å². The molecular weight excluding hydrogens is 270 g/mol. The lowest BCUT2D eigenvalue weighted by molar-refractivity contribution is -0.127. The maximum absolute atomic E-state index is 12.2. The van der Waals surface area contributed by atoms with Gasteiger partial charge in [-0.25, -0.2) is 0 Å². The molecule has 3 rings (SSSR count). The highest BCUT2D eigenvalue weighted by Crippen LogP contribution is 2.32. The molecule has 1 N–H and O–H groups in total. The van der Waals surface area contributed by atoms with Gasteiger partial charge in [0.15, 0.2) is 11.5 Å². The van der Waals surface area contributed by atoms with E-state index >= 15 is 0 Å². The van der Waals surface area contributed by atoms with Crippen molar-refractivity contribution in [2.24, 2.45) is 0 Å². The fourth-order valence-electron chi connectivity index (χ4n) is 2.36. The third-order valence-corrected chi connectivity index (χ3v) is 3.49. The number of nitrogens with zero attached hydrogens (tertiary/aromatic N) is 2. The number of carbonyl (C=O) groups is 1. The second-order valence-electron chi connectivity index (χ2n) is 4.83. The molecule has 2 aliphatic rings. The Morgan fingerprint density at radius 3 is 3.14 bits per heavy atom. The van der Waals surface area contributed by atoms with Crippen LogP contribution in [0.2, 0.25) is 0 Å². The fraction of sp³-hybridized carbons (Fsp3) is 0.333. The van der Waals surface area contributed by atoms with Gasteiger partial charge < -0.3 is 19.7 Å². The van der Waals surface area contributed by atoms with Gasteiger partial charge in [-0.1, -0.05) is 6.07 Å². The normalized spacial score (nSPS) is 20.5. The molecule has 1 aromatic rings. The smallest absolute Gasteiger partial charge is 0.247 e. The van der Waals surface area contributed by atoms with E-state index in [1.165, 1.54) is 6.08 Å². The van der Waals surface area contributed by atoms with Gasteiger partial charge in [-0.05, 0) is 23.8 Å². The van der Waals surface area contributed by atoms with E-state index in [4.69, 9.17) is 14.7 Å². The Hall–Kier alpha value is -2.52. The number of amides is 1. The number of fused-ring (bicyclic) bond motifs is 1. The Morgan fingerprint density at radius 1 is 1.43 bits per heavy atom. The molecule has 0 bridgehead atoms. The Labute approximate surface area is 122 Å². The number of carbonyl (C=O) groups excluding carboxylic acids is 1. The van der Waals surface area contributed by atoms with Gasteiger partial charge in [-0.3, -0.25) is 4.79 Å². The molecule has 6 nitrogen and oxygen atoms in total. The summed E-state index contributed by atoms with van der Waals surface area (Å²) < 4.78 is 10.5. The van der Waals surface area contributed by atoms with Gasteiger partial charge in [0.1, 0.15) is 6.04 Å². The first kappa shape index (κ1) is 13.5. The summed E-state index contributed by atoms with van der Waals surface area (Å²) in [6, 6.07) is 7.23. The topological polar surface area (TPSA) is 74.6 Å². The zero-order valence-corrected chi connectivity index (χ0v) is 11.4. The van der Waals surface area contributed by atoms with E-state index in [-0.39, 0.29) is 12.7 Å². The maximum atomic E-state index is 12.2. The molecule has 1 saturated heterocycles. The highest BCUT2D eigenvalue weighted by Gasteiger charge is 2.24. The van der Waals surface area contributed by atoms with Gasteiger partial charge in [-0.15, -0.1) is 0 Å². The summed E-state index contributed by atoms with van der Waals surface area (Å²) in [5.41, 5.74) is 0.858. The summed E-state index contributed by atoms with van der Waals surface area (Å²) >= 11 is 0. The summed E-state index contributed by atoms with van der Waals surface area (Å²) in [6.45, 7) is 2.00. The second kappa shape index (κ2) is 5.85. The third kappa shape index (κ3) is 2.83. The average molecular weight is 285 g/mol. The molecule has 0 radical (unpaired) electrons. The largest absolute Gasteiger partial charge is 0.454 e. The number of ether oxygens (including phenoxy) is 2. The molecule has 1 aromatic carbocycles. The molecule has 1 atom stereocenters. The van der Waals surface area contributed by atoms with Crippen LogP contribution in [0.25, 0.3) is 6.08 Å². The summed E-state index contributed by atoms with van der Waals surface area (Å²) in [4.78, 5) is 13.8. The van der Waals surface area contributed by atoms with Crippen molar-refractivity contribution in [2.75, 3.05) is 26.4 Å². The van der Waals surface area contributed by atoms with Crippen LogP contribution in [0, 0.1) is 11.3 Å². The van der Waals surface area contributed by atoms with Crippen LogP contribution < -0.4 is 14.8 Å². The van der Waals surface area contributed by atoms with Crippen LogP contribution in [-0.4, -0.2) is 43.3 Å². The Bertz CT molecular complexity index is 621. The monoisotopic (exact) mass is 285 g/mol. The molecule has 1 amide bonds. The summed E-state index contributed by atoms with van der Waals surface area (Å²) in [6.07, 6.45) is 3.22. The molecule has 6 heteroatoms. The van der Waals surface area contributed by atoms with Crippen LogP contribution in [0.5, 0.6) is 11.5 Å². The molecule has 1 unspecified atom stereocenters. The van der Waals surface area contributed by atoms with Gasteiger partial charge in [0, 0.05) is 25.7 Å².